The van der Waals surface area contributed by atoms with E-state index in [1.54, 1.807) is 37.3 Å². The standard InChI is InChI=1S/C24H31Cl2N3O4S/c1-6-17(3)27-24(31)18(4)29(14-19-9-10-20(25)13-22(19)26)23(30)15-28(5)34(32,33)21-11-7-16(2)8-12-21/h7-13,17-18H,6,14-15H2,1-5H3,(H,27,31)/t17-,18+/m1/s1. The number of nitrogens with zero attached hydrogens (tertiary/aromatic N) is 2. The Labute approximate surface area is 212 Å². The zero-order valence-electron chi connectivity index (χ0n) is 20.0. The fourth-order valence-electron chi connectivity index (χ4n) is 3.14. The first-order valence-electron chi connectivity index (χ1n) is 10.9. The Kier molecular flexibility index (Phi) is 9.94. The van der Waals surface area contributed by atoms with Crippen molar-refractivity contribution in [3.05, 3.63) is 63.6 Å². The molecule has 10 heteroatoms. The Balaban J connectivity index is 2.31. The molecule has 2 aromatic rings. The number of amides is 2. The summed E-state index contributed by atoms with van der Waals surface area (Å²) in [6.07, 6.45) is 0.729. The van der Waals surface area contributed by atoms with Crippen LogP contribution < -0.4 is 5.32 Å². The molecule has 34 heavy (non-hydrogen) atoms. The molecule has 0 aromatic heterocycles. The lowest BCUT2D eigenvalue weighted by Crippen LogP contribution is -2.51. The average Bonchev–Trinajstić information content (AvgIpc) is 2.78. The summed E-state index contributed by atoms with van der Waals surface area (Å²) < 4.78 is 26.9. The van der Waals surface area contributed by atoms with E-state index in [-0.39, 0.29) is 23.4 Å². The summed E-state index contributed by atoms with van der Waals surface area (Å²) in [5.41, 5.74) is 1.51. The van der Waals surface area contributed by atoms with Gasteiger partial charge in [-0.3, -0.25) is 9.59 Å². The van der Waals surface area contributed by atoms with Crippen LogP contribution in [0.1, 0.15) is 38.3 Å². The molecule has 0 spiro atoms. The van der Waals surface area contributed by atoms with Gasteiger partial charge in [-0.1, -0.05) is 53.9 Å². The number of rotatable bonds is 10. The molecule has 186 valence electrons. The molecule has 7 nitrogen and oxygen atoms in total. The summed E-state index contributed by atoms with van der Waals surface area (Å²) in [7, 11) is -2.56. The van der Waals surface area contributed by atoms with Crippen molar-refractivity contribution in [2.45, 2.75) is 57.6 Å². The number of sulfonamides is 1. The molecule has 2 atom stereocenters. The van der Waals surface area contributed by atoms with Crippen molar-refractivity contribution in [3.8, 4) is 0 Å². The maximum atomic E-state index is 13.3. The molecule has 1 N–H and O–H groups in total. The minimum Gasteiger partial charge on any atom is -0.352 e. The van der Waals surface area contributed by atoms with E-state index in [0.29, 0.717) is 15.6 Å². The molecule has 2 aromatic carbocycles. The van der Waals surface area contributed by atoms with Gasteiger partial charge in [0.2, 0.25) is 21.8 Å². The van der Waals surface area contributed by atoms with E-state index in [1.807, 2.05) is 20.8 Å². The number of hydrogen-bond donors (Lipinski definition) is 1. The molecular weight excluding hydrogens is 497 g/mol. The lowest BCUT2D eigenvalue weighted by Gasteiger charge is -2.31. The lowest BCUT2D eigenvalue weighted by atomic mass is 10.1. The predicted octanol–water partition coefficient (Wildman–Crippen LogP) is 4.25. The smallest absolute Gasteiger partial charge is 0.243 e. The maximum absolute atomic E-state index is 13.3. The van der Waals surface area contributed by atoms with Gasteiger partial charge >= 0.3 is 0 Å². The van der Waals surface area contributed by atoms with Gasteiger partial charge in [-0.2, -0.15) is 4.31 Å². The van der Waals surface area contributed by atoms with Gasteiger partial charge in [0.05, 0.1) is 11.4 Å². The van der Waals surface area contributed by atoms with E-state index < -0.39 is 28.5 Å². The number of carbonyl (C=O) groups is 2. The van der Waals surface area contributed by atoms with E-state index in [9.17, 15) is 18.0 Å². The van der Waals surface area contributed by atoms with Crippen molar-refractivity contribution >= 4 is 45.0 Å². The molecule has 0 bridgehead atoms. The first-order chi connectivity index (χ1) is 15.9. The van der Waals surface area contributed by atoms with Gasteiger partial charge in [0.15, 0.2) is 0 Å². The maximum Gasteiger partial charge on any atom is 0.243 e. The molecule has 0 saturated heterocycles. The summed E-state index contributed by atoms with van der Waals surface area (Å²) in [6, 6.07) is 10.3. The largest absolute Gasteiger partial charge is 0.352 e. The summed E-state index contributed by atoms with van der Waals surface area (Å²) in [5, 5.41) is 3.66. The van der Waals surface area contributed by atoms with Crippen LogP contribution in [-0.4, -0.2) is 55.1 Å². The number of likely N-dealkylation sites (N-methyl/N-ethyl adjacent to an activating group) is 1. The highest BCUT2D eigenvalue weighted by molar-refractivity contribution is 7.89. The zero-order chi connectivity index (χ0) is 25.6. The number of nitrogens with one attached hydrogen (secondary N) is 1. The summed E-state index contributed by atoms with van der Waals surface area (Å²) in [6.45, 7) is 6.85. The van der Waals surface area contributed by atoms with E-state index in [2.05, 4.69) is 5.32 Å². The molecule has 2 amide bonds. The van der Waals surface area contributed by atoms with E-state index in [4.69, 9.17) is 23.2 Å². The van der Waals surface area contributed by atoms with E-state index in [1.165, 1.54) is 24.1 Å². The van der Waals surface area contributed by atoms with Gasteiger partial charge in [-0.05, 0) is 57.0 Å². The Morgan fingerprint density at radius 1 is 1.06 bits per heavy atom. The number of halogens is 2. The van der Waals surface area contributed by atoms with Crippen LogP contribution in [0.4, 0.5) is 0 Å². The molecule has 2 rings (SSSR count). The third-order valence-electron chi connectivity index (χ3n) is 5.61. The topological polar surface area (TPSA) is 86.8 Å². The second kappa shape index (κ2) is 12.0. The summed E-state index contributed by atoms with van der Waals surface area (Å²) in [4.78, 5) is 27.6. The van der Waals surface area contributed by atoms with Crippen LogP contribution >= 0.6 is 23.2 Å². The molecule has 0 heterocycles. The van der Waals surface area contributed by atoms with E-state index in [0.717, 1.165) is 16.3 Å². The Hall–Kier alpha value is -2.13. The minimum atomic E-state index is -3.90. The van der Waals surface area contributed by atoms with Crippen molar-refractivity contribution < 1.29 is 18.0 Å². The van der Waals surface area contributed by atoms with Gasteiger partial charge in [0.25, 0.3) is 0 Å². The molecule has 0 aliphatic heterocycles. The quantitative estimate of drug-likeness (QED) is 0.500. The van der Waals surface area contributed by atoms with Crippen LogP contribution in [0.5, 0.6) is 0 Å². The average molecular weight is 529 g/mol. The van der Waals surface area contributed by atoms with Crippen LogP contribution in [0.3, 0.4) is 0 Å². The number of aryl methyl sites for hydroxylation is 1. The van der Waals surface area contributed by atoms with Crippen molar-refractivity contribution in [3.63, 3.8) is 0 Å². The number of benzene rings is 2. The van der Waals surface area contributed by atoms with Crippen LogP contribution in [0, 0.1) is 6.92 Å². The Bertz CT molecular complexity index is 1120. The number of carbonyl (C=O) groups excluding carboxylic acids is 2. The zero-order valence-corrected chi connectivity index (χ0v) is 22.3. The molecule has 0 radical (unpaired) electrons. The van der Waals surface area contributed by atoms with Gasteiger partial charge in [0, 0.05) is 29.7 Å². The van der Waals surface area contributed by atoms with Crippen LogP contribution in [0.2, 0.25) is 10.0 Å². The van der Waals surface area contributed by atoms with Gasteiger partial charge < -0.3 is 10.2 Å². The molecule has 0 unspecified atom stereocenters. The SMILES string of the molecule is CC[C@@H](C)NC(=O)[C@H](C)N(Cc1ccc(Cl)cc1Cl)C(=O)CN(C)S(=O)(=O)c1ccc(C)cc1. The summed E-state index contributed by atoms with van der Waals surface area (Å²) in [5.74, 6) is -0.868. The van der Waals surface area contributed by atoms with Crippen molar-refractivity contribution in [2.75, 3.05) is 13.6 Å². The van der Waals surface area contributed by atoms with Crippen LogP contribution in [0.25, 0.3) is 0 Å². The summed E-state index contributed by atoms with van der Waals surface area (Å²) >= 11 is 12.3. The van der Waals surface area contributed by atoms with E-state index >= 15 is 0 Å². The van der Waals surface area contributed by atoms with Crippen molar-refractivity contribution in [1.29, 1.82) is 0 Å². The molecule has 0 fully saturated rings. The third-order valence-corrected chi connectivity index (χ3v) is 8.02. The lowest BCUT2D eigenvalue weighted by molar-refractivity contribution is -0.140. The van der Waals surface area contributed by atoms with Crippen LogP contribution in [0.15, 0.2) is 47.4 Å². The van der Waals surface area contributed by atoms with Gasteiger partial charge in [-0.15, -0.1) is 0 Å². The fourth-order valence-corrected chi connectivity index (χ4v) is 4.73. The molecule has 0 aliphatic rings. The second-order valence-electron chi connectivity index (χ2n) is 8.33. The Morgan fingerprint density at radius 3 is 2.24 bits per heavy atom. The highest BCUT2D eigenvalue weighted by Gasteiger charge is 2.31. The first-order valence-corrected chi connectivity index (χ1v) is 13.1. The first kappa shape index (κ1) is 28.1. The van der Waals surface area contributed by atoms with Gasteiger partial charge in [0.1, 0.15) is 6.04 Å². The molecular formula is C24H31Cl2N3O4S. The number of hydrogen-bond acceptors (Lipinski definition) is 4. The third kappa shape index (κ3) is 7.18. The van der Waals surface area contributed by atoms with Gasteiger partial charge in [-0.25, -0.2) is 8.42 Å². The van der Waals surface area contributed by atoms with Crippen molar-refractivity contribution in [1.82, 2.24) is 14.5 Å². The highest BCUT2D eigenvalue weighted by atomic mass is 35.5. The van der Waals surface area contributed by atoms with Crippen LogP contribution in [-0.2, 0) is 26.2 Å². The fraction of sp³-hybridized carbons (Fsp3) is 0.417. The highest BCUT2D eigenvalue weighted by Crippen LogP contribution is 2.24. The molecule has 0 aliphatic carbocycles. The second-order valence-corrected chi connectivity index (χ2v) is 11.2. The Morgan fingerprint density at radius 2 is 1.68 bits per heavy atom. The normalized spacial score (nSPS) is 13.4. The monoisotopic (exact) mass is 527 g/mol. The minimum absolute atomic E-state index is 0.0162. The molecule has 0 saturated carbocycles. The predicted molar refractivity (Wildman–Crippen MR) is 135 cm³/mol. The van der Waals surface area contributed by atoms with Crippen molar-refractivity contribution in [2.24, 2.45) is 0 Å².